The van der Waals surface area contributed by atoms with E-state index in [0.717, 1.165) is 11.1 Å². The fourth-order valence-corrected chi connectivity index (χ4v) is 3.64. The summed E-state index contributed by atoms with van der Waals surface area (Å²) in [5.74, 6) is -0.955. The molecule has 6 nitrogen and oxygen atoms in total. The van der Waals surface area contributed by atoms with Crippen LogP contribution in [0.5, 0.6) is 11.5 Å². The molecule has 28 heavy (non-hydrogen) atoms. The van der Waals surface area contributed by atoms with E-state index in [-0.39, 0.29) is 22.2 Å². The second-order valence-electron chi connectivity index (χ2n) is 6.29. The number of nitrogens with one attached hydrogen (secondary N) is 1. The van der Waals surface area contributed by atoms with Crippen LogP contribution in [0.1, 0.15) is 16.7 Å². The van der Waals surface area contributed by atoms with Crippen molar-refractivity contribution >= 4 is 56.8 Å². The molecule has 0 bridgehead atoms. The first-order chi connectivity index (χ1) is 13.2. The van der Waals surface area contributed by atoms with Crippen LogP contribution in [0.15, 0.2) is 40.4 Å². The Morgan fingerprint density at radius 2 is 1.93 bits per heavy atom. The monoisotopic (exact) mass is 460 g/mol. The maximum atomic E-state index is 13.1. The largest absolute Gasteiger partial charge is 0.504 e. The van der Waals surface area contributed by atoms with Crippen molar-refractivity contribution in [2.24, 2.45) is 0 Å². The third-order valence-electron chi connectivity index (χ3n) is 4.29. The standard InChI is InChI=1S/C20H17BrN2O4S/c1-10-4-5-15(11(2)6-10)23-19(26)13(18(25)22-20(23)28)7-12-8-17(27-3)16(24)9-14(12)21/h4-9,24H,1-3H3,(H,22,25,28)/b13-7+. The van der Waals surface area contributed by atoms with E-state index in [2.05, 4.69) is 21.2 Å². The average Bonchev–Trinajstić information content (AvgIpc) is 2.61. The van der Waals surface area contributed by atoms with Gasteiger partial charge in [0.05, 0.1) is 12.8 Å². The van der Waals surface area contributed by atoms with Crippen LogP contribution < -0.4 is 15.0 Å². The summed E-state index contributed by atoms with van der Waals surface area (Å²) in [4.78, 5) is 26.9. The zero-order valence-electron chi connectivity index (χ0n) is 15.4. The van der Waals surface area contributed by atoms with Gasteiger partial charge in [0.1, 0.15) is 5.57 Å². The van der Waals surface area contributed by atoms with E-state index in [1.807, 2.05) is 26.0 Å². The molecule has 1 aliphatic heterocycles. The topological polar surface area (TPSA) is 78.9 Å². The number of anilines is 1. The lowest BCUT2D eigenvalue weighted by Crippen LogP contribution is -2.54. The quantitative estimate of drug-likeness (QED) is 0.415. The number of carbonyl (C=O) groups is 2. The summed E-state index contributed by atoms with van der Waals surface area (Å²) in [7, 11) is 1.42. The highest BCUT2D eigenvalue weighted by molar-refractivity contribution is 9.10. The molecule has 0 unspecified atom stereocenters. The Bertz CT molecular complexity index is 1050. The molecule has 8 heteroatoms. The van der Waals surface area contributed by atoms with Gasteiger partial charge in [0.15, 0.2) is 16.6 Å². The van der Waals surface area contributed by atoms with E-state index < -0.39 is 11.8 Å². The number of nitrogens with zero attached hydrogens (tertiary/aromatic N) is 1. The fraction of sp³-hybridized carbons (Fsp3) is 0.150. The van der Waals surface area contributed by atoms with Gasteiger partial charge in [-0.25, -0.2) is 0 Å². The average molecular weight is 461 g/mol. The summed E-state index contributed by atoms with van der Waals surface area (Å²) in [5.41, 5.74) is 2.94. The van der Waals surface area contributed by atoms with Crippen LogP contribution in [0.25, 0.3) is 6.08 Å². The molecular formula is C20H17BrN2O4S. The SMILES string of the molecule is COc1cc(/C=C2\C(=O)NC(=S)N(c3ccc(C)cc3C)C2=O)c(Br)cc1O. The highest BCUT2D eigenvalue weighted by Crippen LogP contribution is 2.34. The number of amides is 2. The third-order valence-corrected chi connectivity index (χ3v) is 5.26. The van der Waals surface area contributed by atoms with Crippen LogP contribution in [0.3, 0.4) is 0 Å². The van der Waals surface area contributed by atoms with Gasteiger partial charge >= 0.3 is 0 Å². The lowest BCUT2D eigenvalue weighted by atomic mass is 10.0. The van der Waals surface area contributed by atoms with Gasteiger partial charge in [-0.1, -0.05) is 33.6 Å². The zero-order chi connectivity index (χ0) is 20.6. The molecule has 0 aromatic heterocycles. The number of phenols is 1. The molecule has 144 valence electrons. The Kier molecular flexibility index (Phi) is 5.53. The second kappa shape index (κ2) is 7.73. The summed E-state index contributed by atoms with van der Waals surface area (Å²) in [6, 6.07) is 8.57. The maximum Gasteiger partial charge on any atom is 0.270 e. The molecule has 2 aromatic carbocycles. The van der Waals surface area contributed by atoms with Gasteiger partial charge in [-0.15, -0.1) is 0 Å². The number of ether oxygens (including phenoxy) is 1. The van der Waals surface area contributed by atoms with E-state index in [1.165, 1.54) is 30.2 Å². The lowest BCUT2D eigenvalue weighted by molar-refractivity contribution is -0.122. The van der Waals surface area contributed by atoms with Crippen LogP contribution in [-0.2, 0) is 9.59 Å². The fourth-order valence-electron chi connectivity index (χ4n) is 2.92. The molecule has 2 N–H and O–H groups in total. The van der Waals surface area contributed by atoms with Gasteiger partial charge < -0.3 is 9.84 Å². The molecular weight excluding hydrogens is 444 g/mol. The number of rotatable bonds is 3. The summed E-state index contributed by atoms with van der Waals surface area (Å²) < 4.78 is 5.61. The molecule has 1 heterocycles. The van der Waals surface area contributed by atoms with E-state index in [1.54, 1.807) is 6.07 Å². The molecule has 2 aromatic rings. The Labute approximate surface area is 175 Å². The van der Waals surface area contributed by atoms with Gasteiger partial charge in [-0.3, -0.25) is 19.8 Å². The van der Waals surface area contributed by atoms with E-state index in [4.69, 9.17) is 17.0 Å². The van der Waals surface area contributed by atoms with Crippen LogP contribution in [0.2, 0.25) is 0 Å². The highest BCUT2D eigenvalue weighted by Gasteiger charge is 2.35. The number of carbonyl (C=O) groups excluding carboxylic acids is 2. The molecule has 2 amide bonds. The van der Waals surface area contributed by atoms with Crippen LogP contribution >= 0.6 is 28.1 Å². The Morgan fingerprint density at radius 3 is 2.57 bits per heavy atom. The Hall–Kier alpha value is -2.71. The summed E-state index contributed by atoms with van der Waals surface area (Å²) in [5, 5.41) is 12.4. The molecule has 1 fully saturated rings. The van der Waals surface area contributed by atoms with Crippen molar-refractivity contribution in [3.8, 4) is 11.5 Å². The van der Waals surface area contributed by atoms with Crippen LogP contribution in [-0.4, -0.2) is 29.1 Å². The zero-order valence-corrected chi connectivity index (χ0v) is 17.8. The van der Waals surface area contributed by atoms with Crippen molar-refractivity contribution in [2.75, 3.05) is 12.0 Å². The van der Waals surface area contributed by atoms with E-state index in [9.17, 15) is 14.7 Å². The number of aromatic hydroxyl groups is 1. The maximum absolute atomic E-state index is 13.1. The number of halogens is 1. The van der Waals surface area contributed by atoms with Crippen molar-refractivity contribution in [1.82, 2.24) is 5.32 Å². The van der Waals surface area contributed by atoms with Crippen molar-refractivity contribution in [1.29, 1.82) is 0 Å². The number of benzene rings is 2. The molecule has 0 atom stereocenters. The summed E-state index contributed by atoms with van der Waals surface area (Å²) in [6.07, 6.45) is 1.43. The van der Waals surface area contributed by atoms with Crippen molar-refractivity contribution < 1.29 is 19.4 Å². The van der Waals surface area contributed by atoms with Crippen molar-refractivity contribution in [3.63, 3.8) is 0 Å². The minimum absolute atomic E-state index is 0.0291. The Balaban J connectivity index is 2.09. The molecule has 0 spiro atoms. The Morgan fingerprint density at radius 1 is 1.21 bits per heavy atom. The number of aryl methyl sites for hydroxylation is 2. The summed E-state index contributed by atoms with van der Waals surface area (Å²) >= 11 is 8.57. The number of hydrogen-bond donors (Lipinski definition) is 2. The predicted octanol–water partition coefficient (Wildman–Crippen LogP) is 3.61. The minimum atomic E-state index is -0.588. The number of phenolic OH excluding ortho intramolecular Hbond substituents is 1. The molecule has 0 radical (unpaired) electrons. The highest BCUT2D eigenvalue weighted by atomic mass is 79.9. The first kappa shape index (κ1) is 20.0. The first-order valence-corrected chi connectivity index (χ1v) is 9.48. The smallest absolute Gasteiger partial charge is 0.270 e. The number of methoxy groups -OCH3 is 1. The third kappa shape index (κ3) is 3.65. The minimum Gasteiger partial charge on any atom is -0.504 e. The van der Waals surface area contributed by atoms with Crippen LogP contribution in [0, 0.1) is 13.8 Å². The number of thiocarbonyl (C=S) groups is 1. The van der Waals surface area contributed by atoms with Gasteiger partial charge in [0, 0.05) is 4.47 Å². The molecule has 1 aliphatic rings. The van der Waals surface area contributed by atoms with E-state index in [0.29, 0.717) is 15.7 Å². The molecule has 3 rings (SSSR count). The van der Waals surface area contributed by atoms with Gasteiger partial charge in [0.2, 0.25) is 0 Å². The van der Waals surface area contributed by atoms with E-state index >= 15 is 0 Å². The van der Waals surface area contributed by atoms with Crippen LogP contribution in [0.4, 0.5) is 5.69 Å². The second-order valence-corrected chi connectivity index (χ2v) is 7.53. The molecule has 0 aliphatic carbocycles. The lowest BCUT2D eigenvalue weighted by Gasteiger charge is -2.30. The summed E-state index contributed by atoms with van der Waals surface area (Å²) in [6.45, 7) is 3.83. The molecule has 1 saturated heterocycles. The number of hydrogen-bond acceptors (Lipinski definition) is 5. The molecule has 0 saturated carbocycles. The van der Waals surface area contributed by atoms with Gasteiger partial charge in [-0.05, 0) is 61.5 Å². The predicted molar refractivity (Wildman–Crippen MR) is 114 cm³/mol. The van der Waals surface area contributed by atoms with Gasteiger partial charge in [-0.2, -0.15) is 0 Å². The van der Waals surface area contributed by atoms with Crippen molar-refractivity contribution in [3.05, 3.63) is 57.1 Å². The van der Waals surface area contributed by atoms with Gasteiger partial charge in [0.25, 0.3) is 11.8 Å². The normalized spacial score (nSPS) is 15.8. The van der Waals surface area contributed by atoms with Crippen molar-refractivity contribution in [2.45, 2.75) is 13.8 Å². The first-order valence-electron chi connectivity index (χ1n) is 8.28.